The first kappa shape index (κ1) is 14.0. The lowest BCUT2D eigenvalue weighted by molar-refractivity contribution is -0.121. The Kier molecular flexibility index (Phi) is 4.70. The maximum absolute atomic E-state index is 11.9. The van der Waals surface area contributed by atoms with Gasteiger partial charge in [-0.1, -0.05) is 23.4 Å². The Labute approximate surface area is 117 Å². The second kappa shape index (κ2) is 6.70. The molecule has 1 aromatic heterocycles. The van der Waals surface area contributed by atoms with Gasteiger partial charge in [-0.05, 0) is 25.0 Å². The standard InChI is InChI=1S/C14H17N3O3/c1-10(14-15-9-20-17-14)16-13(18)8-7-11-5-3-4-6-12(11)19-2/h3-6,9-10H,7-8H2,1-2H3,(H,16,18)/t10-/m1/s1. The molecule has 0 aliphatic rings. The Morgan fingerprint density at radius 2 is 2.25 bits per heavy atom. The van der Waals surface area contributed by atoms with Crippen LogP contribution in [-0.4, -0.2) is 23.2 Å². The minimum atomic E-state index is -0.265. The van der Waals surface area contributed by atoms with Gasteiger partial charge in [0.05, 0.1) is 13.2 Å². The average molecular weight is 275 g/mol. The zero-order valence-electron chi connectivity index (χ0n) is 11.5. The van der Waals surface area contributed by atoms with Crippen LogP contribution < -0.4 is 10.1 Å². The number of para-hydroxylation sites is 1. The van der Waals surface area contributed by atoms with E-state index in [1.807, 2.05) is 31.2 Å². The van der Waals surface area contributed by atoms with Crippen molar-refractivity contribution in [2.24, 2.45) is 0 Å². The molecule has 1 N–H and O–H groups in total. The molecule has 1 amide bonds. The Morgan fingerprint density at radius 3 is 2.95 bits per heavy atom. The van der Waals surface area contributed by atoms with Crippen molar-refractivity contribution in [3.05, 3.63) is 42.0 Å². The van der Waals surface area contributed by atoms with E-state index >= 15 is 0 Å². The average Bonchev–Trinajstić information content (AvgIpc) is 2.99. The topological polar surface area (TPSA) is 77.2 Å². The lowest BCUT2D eigenvalue weighted by Gasteiger charge is -2.11. The van der Waals surface area contributed by atoms with Crippen molar-refractivity contribution in [3.63, 3.8) is 0 Å². The molecular weight excluding hydrogens is 258 g/mol. The maximum atomic E-state index is 11.9. The van der Waals surface area contributed by atoms with E-state index in [1.165, 1.54) is 6.39 Å². The SMILES string of the molecule is COc1ccccc1CCC(=O)N[C@H](C)c1ncon1. The van der Waals surface area contributed by atoms with E-state index in [0.29, 0.717) is 18.7 Å². The van der Waals surface area contributed by atoms with Crippen molar-refractivity contribution in [3.8, 4) is 5.75 Å². The largest absolute Gasteiger partial charge is 0.496 e. The molecule has 6 nitrogen and oxygen atoms in total. The molecule has 0 saturated heterocycles. The summed E-state index contributed by atoms with van der Waals surface area (Å²) >= 11 is 0. The molecule has 0 aliphatic heterocycles. The number of aromatic nitrogens is 2. The monoisotopic (exact) mass is 275 g/mol. The fourth-order valence-electron chi connectivity index (χ4n) is 1.91. The molecule has 2 rings (SSSR count). The first-order valence-electron chi connectivity index (χ1n) is 6.38. The zero-order valence-corrected chi connectivity index (χ0v) is 11.5. The predicted octanol–water partition coefficient (Wildman–Crippen LogP) is 1.89. The van der Waals surface area contributed by atoms with Crippen molar-refractivity contribution in [2.45, 2.75) is 25.8 Å². The molecule has 0 radical (unpaired) electrons. The molecule has 0 spiro atoms. The number of rotatable bonds is 6. The minimum absolute atomic E-state index is 0.0618. The summed E-state index contributed by atoms with van der Waals surface area (Å²) in [6, 6.07) is 7.40. The molecule has 1 heterocycles. The molecule has 0 unspecified atom stereocenters. The van der Waals surface area contributed by atoms with E-state index < -0.39 is 0 Å². The summed E-state index contributed by atoms with van der Waals surface area (Å²) in [5, 5.41) is 6.52. The molecule has 1 atom stereocenters. The third-order valence-corrected chi connectivity index (χ3v) is 2.96. The maximum Gasteiger partial charge on any atom is 0.220 e. The predicted molar refractivity (Wildman–Crippen MR) is 72.2 cm³/mol. The number of carbonyl (C=O) groups is 1. The van der Waals surface area contributed by atoms with Gasteiger partial charge in [-0.2, -0.15) is 4.98 Å². The highest BCUT2D eigenvalue weighted by atomic mass is 16.5. The molecule has 0 aliphatic carbocycles. The number of hydrogen-bond acceptors (Lipinski definition) is 5. The molecule has 0 bridgehead atoms. The van der Waals surface area contributed by atoms with Gasteiger partial charge < -0.3 is 14.6 Å². The molecule has 20 heavy (non-hydrogen) atoms. The van der Waals surface area contributed by atoms with Crippen LogP contribution in [0.25, 0.3) is 0 Å². The van der Waals surface area contributed by atoms with Crippen LogP contribution in [0.3, 0.4) is 0 Å². The number of benzene rings is 1. The summed E-state index contributed by atoms with van der Waals surface area (Å²) in [7, 11) is 1.62. The number of ether oxygens (including phenoxy) is 1. The summed E-state index contributed by atoms with van der Waals surface area (Å²) in [6.45, 7) is 1.81. The normalized spacial score (nSPS) is 11.9. The second-order valence-electron chi connectivity index (χ2n) is 4.39. The zero-order chi connectivity index (χ0) is 14.4. The van der Waals surface area contributed by atoms with Gasteiger partial charge in [0.15, 0.2) is 5.82 Å². The van der Waals surface area contributed by atoms with Gasteiger partial charge in [0.1, 0.15) is 5.75 Å². The number of amides is 1. The Bertz CT molecular complexity index is 555. The van der Waals surface area contributed by atoms with E-state index in [4.69, 9.17) is 4.74 Å². The molecule has 0 fully saturated rings. The van der Waals surface area contributed by atoms with Crippen LogP contribution in [0, 0.1) is 0 Å². The van der Waals surface area contributed by atoms with Crippen molar-refractivity contribution in [1.82, 2.24) is 15.5 Å². The van der Waals surface area contributed by atoms with Gasteiger partial charge in [-0.15, -0.1) is 0 Å². The summed E-state index contributed by atoms with van der Waals surface area (Å²) in [5.74, 6) is 1.20. The summed E-state index contributed by atoms with van der Waals surface area (Å²) < 4.78 is 9.90. The summed E-state index contributed by atoms with van der Waals surface area (Å²) in [6.07, 6.45) is 2.24. The number of hydrogen-bond donors (Lipinski definition) is 1. The van der Waals surface area contributed by atoms with Crippen molar-refractivity contribution >= 4 is 5.91 Å². The molecular formula is C14H17N3O3. The molecule has 1 aromatic carbocycles. The first-order chi connectivity index (χ1) is 9.70. The van der Waals surface area contributed by atoms with Gasteiger partial charge in [0.25, 0.3) is 0 Å². The Balaban J connectivity index is 1.86. The molecule has 0 saturated carbocycles. The smallest absolute Gasteiger partial charge is 0.220 e. The fourth-order valence-corrected chi connectivity index (χ4v) is 1.91. The van der Waals surface area contributed by atoms with E-state index in [2.05, 4.69) is 20.0 Å². The highest BCUT2D eigenvalue weighted by Crippen LogP contribution is 2.18. The second-order valence-corrected chi connectivity index (χ2v) is 4.39. The van der Waals surface area contributed by atoms with Crippen LogP contribution in [0.5, 0.6) is 5.75 Å². The number of nitrogens with zero attached hydrogens (tertiary/aromatic N) is 2. The van der Waals surface area contributed by atoms with Gasteiger partial charge in [-0.3, -0.25) is 4.79 Å². The van der Waals surface area contributed by atoms with E-state index in [0.717, 1.165) is 11.3 Å². The number of nitrogens with one attached hydrogen (secondary N) is 1. The lowest BCUT2D eigenvalue weighted by Crippen LogP contribution is -2.27. The molecule has 2 aromatic rings. The Morgan fingerprint density at radius 1 is 1.45 bits per heavy atom. The van der Waals surface area contributed by atoms with Gasteiger partial charge in [0, 0.05) is 6.42 Å². The summed E-state index contributed by atoms with van der Waals surface area (Å²) in [5.41, 5.74) is 1.01. The summed E-state index contributed by atoms with van der Waals surface area (Å²) in [4.78, 5) is 15.8. The molecule has 6 heteroatoms. The van der Waals surface area contributed by atoms with Crippen molar-refractivity contribution in [2.75, 3.05) is 7.11 Å². The van der Waals surface area contributed by atoms with Crippen molar-refractivity contribution in [1.29, 1.82) is 0 Å². The lowest BCUT2D eigenvalue weighted by atomic mass is 10.1. The van der Waals surface area contributed by atoms with Crippen molar-refractivity contribution < 1.29 is 14.1 Å². The third kappa shape index (κ3) is 3.57. The van der Waals surface area contributed by atoms with E-state index in [9.17, 15) is 4.79 Å². The third-order valence-electron chi connectivity index (χ3n) is 2.96. The number of carbonyl (C=O) groups excluding carboxylic acids is 1. The quantitative estimate of drug-likeness (QED) is 0.871. The van der Waals surface area contributed by atoms with Crippen LogP contribution in [0.1, 0.15) is 30.8 Å². The van der Waals surface area contributed by atoms with Crippen LogP contribution >= 0.6 is 0 Å². The Hall–Kier alpha value is -2.37. The fraction of sp³-hybridized carbons (Fsp3) is 0.357. The first-order valence-corrected chi connectivity index (χ1v) is 6.38. The van der Waals surface area contributed by atoms with Gasteiger partial charge in [0.2, 0.25) is 12.3 Å². The van der Waals surface area contributed by atoms with Gasteiger partial charge in [-0.25, -0.2) is 0 Å². The van der Waals surface area contributed by atoms with E-state index in [1.54, 1.807) is 7.11 Å². The van der Waals surface area contributed by atoms with Crippen LogP contribution in [-0.2, 0) is 11.2 Å². The van der Waals surface area contributed by atoms with Crippen LogP contribution in [0.4, 0.5) is 0 Å². The number of aryl methyl sites for hydroxylation is 1. The molecule has 106 valence electrons. The highest BCUT2D eigenvalue weighted by molar-refractivity contribution is 5.76. The minimum Gasteiger partial charge on any atom is -0.496 e. The van der Waals surface area contributed by atoms with E-state index in [-0.39, 0.29) is 11.9 Å². The van der Waals surface area contributed by atoms with Crippen LogP contribution in [0.2, 0.25) is 0 Å². The highest BCUT2D eigenvalue weighted by Gasteiger charge is 2.13. The number of methoxy groups -OCH3 is 1. The van der Waals surface area contributed by atoms with Crippen LogP contribution in [0.15, 0.2) is 35.2 Å². The van der Waals surface area contributed by atoms with Gasteiger partial charge >= 0.3 is 0 Å².